The molecule has 1 aromatic carbocycles. The maximum Gasteiger partial charge on any atom is 0.410 e. The average Bonchev–Trinajstić information content (AvgIpc) is 3.05. The molecule has 1 aliphatic rings. The molecule has 0 saturated carbocycles. The highest BCUT2D eigenvalue weighted by molar-refractivity contribution is 5.82. The van der Waals surface area contributed by atoms with Gasteiger partial charge in [-0.3, -0.25) is 9.69 Å². The Balaban J connectivity index is 1.59. The van der Waals surface area contributed by atoms with Crippen LogP contribution in [0.5, 0.6) is 0 Å². The minimum Gasteiger partial charge on any atom is -0.448 e. The summed E-state index contributed by atoms with van der Waals surface area (Å²) in [5, 5.41) is 2.85. The number of hydrogen-bond acceptors (Lipinski definition) is 5. The molecule has 2 heterocycles. The van der Waals surface area contributed by atoms with Gasteiger partial charge in [-0.2, -0.15) is 0 Å². The van der Waals surface area contributed by atoms with E-state index in [1.165, 1.54) is 10.5 Å². The van der Waals surface area contributed by atoms with Crippen molar-refractivity contribution in [3.05, 3.63) is 59.8 Å². The minimum atomic E-state index is -0.440. The van der Waals surface area contributed by atoms with Crippen LogP contribution >= 0.6 is 0 Å². The summed E-state index contributed by atoms with van der Waals surface area (Å²) in [4.78, 5) is 31.4. The van der Waals surface area contributed by atoms with E-state index < -0.39 is 6.09 Å². The molecule has 0 aliphatic carbocycles. The molecule has 1 fully saturated rings. The number of nitrogens with one attached hydrogen (secondary N) is 1. The summed E-state index contributed by atoms with van der Waals surface area (Å²) in [6, 6.07) is 13.9. The molecule has 1 N–H and O–H groups in total. The lowest BCUT2D eigenvalue weighted by Gasteiger charge is -2.21. The van der Waals surface area contributed by atoms with E-state index in [1.54, 1.807) is 6.20 Å². The summed E-state index contributed by atoms with van der Waals surface area (Å²) in [6.07, 6.45) is 1.30. The number of nitrogens with zero attached hydrogens (tertiary/aromatic N) is 3. The zero-order chi connectivity index (χ0) is 18.4. The molecule has 3 rings (SSSR count). The molecular formula is C19H22N4O3. The SMILES string of the molecule is CN(Cc1ccccc1)c1ncccc1CNC(=O)CN1CCOC1=O. The zero-order valence-electron chi connectivity index (χ0n) is 14.7. The van der Waals surface area contributed by atoms with Crippen LogP contribution in [-0.2, 0) is 22.6 Å². The highest BCUT2D eigenvalue weighted by Gasteiger charge is 2.24. The Kier molecular flexibility index (Phi) is 5.68. The number of ether oxygens (including phenoxy) is 1. The quantitative estimate of drug-likeness (QED) is 0.820. The van der Waals surface area contributed by atoms with Crippen LogP contribution in [0.3, 0.4) is 0 Å². The third kappa shape index (κ3) is 4.50. The molecule has 0 radical (unpaired) electrons. The number of carbonyl (C=O) groups excluding carboxylic acids is 2. The molecular weight excluding hydrogens is 332 g/mol. The van der Waals surface area contributed by atoms with Crippen LogP contribution in [0.1, 0.15) is 11.1 Å². The Morgan fingerprint density at radius 2 is 2.08 bits per heavy atom. The third-order valence-electron chi connectivity index (χ3n) is 4.15. The smallest absolute Gasteiger partial charge is 0.410 e. The first-order chi connectivity index (χ1) is 12.6. The summed E-state index contributed by atoms with van der Waals surface area (Å²) < 4.78 is 4.83. The highest BCUT2D eigenvalue weighted by Crippen LogP contribution is 2.18. The average molecular weight is 354 g/mol. The predicted octanol–water partition coefficient (Wildman–Crippen LogP) is 1.79. The fourth-order valence-corrected chi connectivity index (χ4v) is 2.84. The summed E-state index contributed by atoms with van der Waals surface area (Å²) in [7, 11) is 1.97. The van der Waals surface area contributed by atoms with Crippen molar-refractivity contribution in [1.29, 1.82) is 0 Å². The highest BCUT2D eigenvalue weighted by atomic mass is 16.6. The lowest BCUT2D eigenvalue weighted by Crippen LogP contribution is -2.37. The van der Waals surface area contributed by atoms with E-state index in [9.17, 15) is 9.59 Å². The van der Waals surface area contributed by atoms with Gasteiger partial charge >= 0.3 is 6.09 Å². The number of aromatic nitrogens is 1. The number of amides is 2. The number of anilines is 1. The van der Waals surface area contributed by atoms with Gasteiger partial charge in [-0.05, 0) is 11.6 Å². The lowest BCUT2D eigenvalue weighted by atomic mass is 10.2. The summed E-state index contributed by atoms with van der Waals surface area (Å²) in [5.74, 6) is 0.599. The Morgan fingerprint density at radius 3 is 2.81 bits per heavy atom. The first kappa shape index (κ1) is 17.7. The van der Waals surface area contributed by atoms with Crippen LogP contribution in [0.15, 0.2) is 48.7 Å². The van der Waals surface area contributed by atoms with E-state index in [2.05, 4.69) is 27.3 Å². The Morgan fingerprint density at radius 1 is 1.27 bits per heavy atom. The zero-order valence-corrected chi connectivity index (χ0v) is 14.7. The van der Waals surface area contributed by atoms with Gasteiger partial charge in [0.25, 0.3) is 0 Å². The molecule has 1 aliphatic heterocycles. The normalized spacial score (nSPS) is 13.4. The summed E-state index contributed by atoms with van der Waals surface area (Å²) in [5.41, 5.74) is 2.10. The van der Waals surface area contributed by atoms with Crippen molar-refractivity contribution in [2.24, 2.45) is 0 Å². The van der Waals surface area contributed by atoms with Crippen LogP contribution in [0.4, 0.5) is 10.6 Å². The van der Waals surface area contributed by atoms with E-state index >= 15 is 0 Å². The fraction of sp³-hybridized carbons (Fsp3) is 0.316. The third-order valence-corrected chi connectivity index (χ3v) is 4.15. The van der Waals surface area contributed by atoms with Crippen molar-refractivity contribution >= 4 is 17.8 Å². The van der Waals surface area contributed by atoms with Crippen LogP contribution in [0, 0.1) is 0 Å². The van der Waals surface area contributed by atoms with Gasteiger partial charge in [0.15, 0.2) is 0 Å². The molecule has 0 bridgehead atoms. The van der Waals surface area contributed by atoms with Gasteiger partial charge in [-0.15, -0.1) is 0 Å². The number of benzene rings is 1. The van der Waals surface area contributed by atoms with E-state index in [-0.39, 0.29) is 12.5 Å². The van der Waals surface area contributed by atoms with Gasteiger partial charge < -0.3 is 15.0 Å². The molecule has 2 amide bonds. The second kappa shape index (κ2) is 8.33. The van der Waals surface area contributed by atoms with Gasteiger partial charge in [0.2, 0.25) is 5.91 Å². The van der Waals surface area contributed by atoms with Crippen molar-refractivity contribution in [2.75, 3.05) is 31.6 Å². The van der Waals surface area contributed by atoms with Gasteiger partial charge in [0, 0.05) is 31.9 Å². The largest absolute Gasteiger partial charge is 0.448 e. The minimum absolute atomic E-state index is 0.00822. The van der Waals surface area contributed by atoms with Gasteiger partial charge in [-0.25, -0.2) is 9.78 Å². The number of cyclic esters (lactones) is 1. The molecule has 2 aromatic rings. The number of carbonyl (C=O) groups is 2. The molecule has 26 heavy (non-hydrogen) atoms. The molecule has 0 spiro atoms. The first-order valence-electron chi connectivity index (χ1n) is 8.51. The van der Waals surface area contributed by atoms with Crippen LogP contribution < -0.4 is 10.2 Å². The van der Waals surface area contributed by atoms with Crippen molar-refractivity contribution in [3.63, 3.8) is 0 Å². The summed E-state index contributed by atoms with van der Waals surface area (Å²) in [6.45, 7) is 1.87. The van der Waals surface area contributed by atoms with Crippen LogP contribution in [0.2, 0.25) is 0 Å². The van der Waals surface area contributed by atoms with Crippen LogP contribution in [0.25, 0.3) is 0 Å². The number of rotatable bonds is 7. The Hall–Kier alpha value is -3.09. The maximum atomic E-state index is 12.1. The van der Waals surface area contributed by atoms with E-state index in [1.807, 2.05) is 37.4 Å². The Labute approximate surface area is 152 Å². The molecule has 1 aromatic heterocycles. The second-order valence-electron chi connectivity index (χ2n) is 6.14. The molecule has 1 saturated heterocycles. The monoisotopic (exact) mass is 354 g/mol. The fourth-order valence-electron chi connectivity index (χ4n) is 2.84. The van der Waals surface area contributed by atoms with Crippen molar-refractivity contribution in [1.82, 2.24) is 15.2 Å². The summed E-state index contributed by atoms with van der Waals surface area (Å²) >= 11 is 0. The van der Waals surface area contributed by atoms with E-state index in [4.69, 9.17) is 4.74 Å². The number of pyridine rings is 1. The lowest BCUT2D eigenvalue weighted by molar-refractivity contribution is -0.121. The molecule has 0 unspecified atom stereocenters. The second-order valence-corrected chi connectivity index (χ2v) is 6.14. The molecule has 7 heteroatoms. The van der Waals surface area contributed by atoms with Crippen LogP contribution in [-0.4, -0.2) is 48.6 Å². The maximum absolute atomic E-state index is 12.1. The van der Waals surface area contributed by atoms with Gasteiger partial charge in [0.05, 0.1) is 6.54 Å². The topological polar surface area (TPSA) is 74.8 Å². The molecule has 7 nitrogen and oxygen atoms in total. The van der Waals surface area contributed by atoms with E-state index in [0.717, 1.165) is 17.9 Å². The molecule has 136 valence electrons. The number of hydrogen-bond donors (Lipinski definition) is 1. The van der Waals surface area contributed by atoms with Crippen molar-refractivity contribution < 1.29 is 14.3 Å². The standard InChI is InChI=1S/C19H22N4O3/c1-22(13-15-6-3-2-4-7-15)18-16(8-5-9-20-18)12-21-17(24)14-23-10-11-26-19(23)25/h2-9H,10-14H2,1H3,(H,21,24). The van der Waals surface area contributed by atoms with E-state index in [0.29, 0.717) is 19.7 Å². The van der Waals surface area contributed by atoms with Gasteiger partial charge in [-0.1, -0.05) is 36.4 Å². The van der Waals surface area contributed by atoms with Crippen molar-refractivity contribution in [3.8, 4) is 0 Å². The predicted molar refractivity (Wildman–Crippen MR) is 97.6 cm³/mol. The molecule has 0 atom stereocenters. The Bertz CT molecular complexity index is 766. The van der Waals surface area contributed by atoms with Crippen molar-refractivity contribution in [2.45, 2.75) is 13.1 Å². The first-order valence-corrected chi connectivity index (χ1v) is 8.51. The van der Waals surface area contributed by atoms with Gasteiger partial charge in [0.1, 0.15) is 19.0 Å².